The molecule has 2 rings (SSSR count). The lowest BCUT2D eigenvalue weighted by atomic mass is 10.2. The van der Waals surface area contributed by atoms with Crippen LogP contribution in [0.15, 0.2) is 48.5 Å². The minimum atomic E-state index is -0.111. The molecule has 0 heterocycles. The fourth-order valence-electron chi connectivity index (χ4n) is 3.01. The van der Waals surface area contributed by atoms with E-state index >= 15 is 0 Å². The van der Waals surface area contributed by atoms with Crippen molar-refractivity contribution >= 4 is 23.2 Å². The van der Waals surface area contributed by atoms with Gasteiger partial charge in [-0.05, 0) is 49.2 Å². The van der Waals surface area contributed by atoms with Gasteiger partial charge in [0.2, 0.25) is 11.8 Å². The van der Waals surface area contributed by atoms with Crippen molar-refractivity contribution in [1.82, 2.24) is 10.2 Å². The monoisotopic (exact) mass is 396 g/mol. The largest absolute Gasteiger partial charge is 0.378 e. The number of hydrogen-bond donors (Lipinski definition) is 2. The third-order valence-electron chi connectivity index (χ3n) is 4.64. The highest BCUT2D eigenvalue weighted by Crippen LogP contribution is 2.13. The quantitative estimate of drug-likeness (QED) is 0.648. The number of rotatable bonds is 10. The molecule has 2 amide bonds. The summed E-state index contributed by atoms with van der Waals surface area (Å²) in [6.45, 7) is 5.54. The topological polar surface area (TPSA) is 64.7 Å². The van der Waals surface area contributed by atoms with Crippen LogP contribution < -0.4 is 15.5 Å². The van der Waals surface area contributed by atoms with Crippen molar-refractivity contribution in [3.8, 4) is 0 Å². The fraction of sp³-hybridized carbons (Fsp3) is 0.391. The molecular formula is C23H32N4O2. The molecule has 0 aliphatic rings. The molecule has 0 atom stereocenters. The summed E-state index contributed by atoms with van der Waals surface area (Å²) in [5, 5.41) is 5.87. The Morgan fingerprint density at radius 3 is 2.21 bits per heavy atom. The molecule has 0 aliphatic carbocycles. The lowest BCUT2D eigenvalue weighted by Gasteiger charge is -2.21. The van der Waals surface area contributed by atoms with E-state index in [-0.39, 0.29) is 24.9 Å². The molecule has 2 aromatic carbocycles. The van der Waals surface area contributed by atoms with Gasteiger partial charge in [-0.2, -0.15) is 0 Å². The van der Waals surface area contributed by atoms with Crippen LogP contribution in [0.1, 0.15) is 24.5 Å². The van der Waals surface area contributed by atoms with Crippen molar-refractivity contribution in [2.24, 2.45) is 0 Å². The molecule has 0 aromatic heterocycles. The third kappa shape index (κ3) is 7.58. The zero-order valence-corrected chi connectivity index (χ0v) is 17.9. The minimum Gasteiger partial charge on any atom is -0.378 e. The molecule has 156 valence electrons. The molecule has 0 spiro atoms. The van der Waals surface area contributed by atoms with E-state index in [0.29, 0.717) is 13.1 Å². The first-order chi connectivity index (χ1) is 13.9. The molecule has 0 radical (unpaired) electrons. The molecule has 29 heavy (non-hydrogen) atoms. The normalized spacial score (nSPS) is 10.7. The summed E-state index contributed by atoms with van der Waals surface area (Å²) in [6.07, 6.45) is 0.872. The Balaban J connectivity index is 1.84. The Labute approximate surface area is 173 Å². The van der Waals surface area contributed by atoms with Gasteiger partial charge in [0, 0.05) is 32.0 Å². The van der Waals surface area contributed by atoms with Gasteiger partial charge in [-0.25, -0.2) is 0 Å². The van der Waals surface area contributed by atoms with Crippen LogP contribution in [-0.2, 0) is 16.1 Å². The Bertz CT molecular complexity index is 803. The van der Waals surface area contributed by atoms with Gasteiger partial charge in [0.25, 0.3) is 0 Å². The maximum Gasteiger partial charge on any atom is 0.238 e. The van der Waals surface area contributed by atoms with Gasteiger partial charge in [0.15, 0.2) is 0 Å². The van der Waals surface area contributed by atoms with E-state index in [4.69, 9.17) is 0 Å². The van der Waals surface area contributed by atoms with E-state index in [1.807, 2.05) is 86.3 Å². The Morgan fingerprint density at radius 2 is 1.59 bits per heavy atom. The average Bonchev–Trinajstić information content (AvgIpc) is 2.68. The second kappa shape index (κ2) is 11.2. The van der Waals surface area contributed by atoms with Gasteiger partial charge < -0.3 is 15.5 Å². The SMILES string of the molecule is CCCN(CC(=O)NCc1ccc(N(C)C)cc1)CC(=O)Nc1ccccc1C. The Morgan fingerprint density at radius 1 is 0.931 bits per heavy atom. The van der Waals surface area contributed by atoms with Crippen LogP contribution in [0.5, 0.6) is 0 Å². The summed E-state index contributed by atoms with van der Waals surface area (Å²) < 4.78 is 0. The number of carbonyl (C=O) groups is 2. The van der Waals surface area contributed by atoms with Gasteiger partial charge >= 0.3 is 0 Å². The van der Waals surface area contributed by atoms with E-state index in [9.17, 15) is 9.59 Å². The zero-order valence-electron chi connectivity index (χ0n) is 17.9. The lowest BCUT2D eigenvalue weighted by Crippen LogP contribution is -2.41. The molecule has 0 saturated carbocycles. The number of anilines is 2. The van der Waals surface area contributed by atoms with E-state index in [0.717, 1.165) is 28.9 Å². The number of carbonyl (C=O) groups excluding carboxylic acids is 2. The smallest absolute Gasteiger partial charge is 0.238 e. The summed E-state index contributed by atoms with van der Waals surface area (Å²) in [5.41, 5.74) is 3.98. The lowest BCUT2D eigenvalue weighted by molar-refractivity contribution is -0.123. The van der Waals surface area contributed by atoms with Crippen molar-refractivity contribution in [1.29, 1.82) is 0 Å². The first-order valence-corrected chi connectivity index (χ1v) is 10.00. The van der Waals surface area contributed by atoms with Crippen LogP contribution in [0.25, 0.3) is 0 Å². The molecule has 0 aliphatic heterocycles. The zero-order chi connectivity index (χ0) is 21.2. The molecule has 6 nitrogen and oxygen atoms in total. The number of benzene rings is 2. The van der Waals surface area contributed by atoms with Crippen molar-refractivity contribution in [3.63, 3.8) is 0 Å². The van der Waals surface area contributed by atoms with Gasteiger partial charge in [0.05, 0.1) is 13.1 Å². The summed E-state index contributed by atoms with van der Waals surface area (Å²) >= 11 is 0. The number of hydrogen-bond acceptors (Lipinski definition) is 4. The highest BCUT2D eigenvalue weighted by Gasteiger charge is 2.14. The predicted octanol–water partition coefficient (Wildman–Crippen LogP) is 3.03. The second-order valence-electron chi connectivity index (χ2n) is 7.41. The number of amides is 2. The molecule has 0 saturated heterocycles. The molecule has 0 bridgehead atoms. The summed E-state index contributed by atoms with van der Waals surface area (Å²) in [7, 11) is 3.99. The second-order valence-corrected chi connectivity index (χ2v) is 7.41. The number of para-hydroxylation sites is 1. The van der Waals surface area contributed by atoms with Gasteiger partial charge in [-0.1, -0.05) is 37.3 Å². The fourth-order valence-corrected chi connectivity index (χ4v) is 3.01. The van der Waals surface area contributed by atoms with Crippen LogP contribution in [0.4, 0.5) is 11.4 Å². The molecule has 0 fully saturated rings. The minimum absolute atomic E-state index is 0.0844. The van der Waals surface area contributed by atoms with Crippen LogP contribution in [0.3, 0.4) is 0 Å². The molecule has 6 heteroatoms. The Kier molecular flexibility index (Phi) is 8.68. The standard InChI is InChI=1S/C23H32N4O2/c1-5-14-27(17-23(29)25-21-9-7-6-8-18(21)2)16-22(28)24-15-19-10-12-20(13-11-19)26(3)4/h6-13H,5,14-17H2,1-4H3,(H,24,28)(H,25,29). The molecule has 2 aromatic rings. The summed E-state index contributed by atoms with van der Waals surface area (Å²) in [4.78, 5) is 28.7. The van der Waals surface area contributed by atoms with Crippen molar-refractivity contribution < 1.29 is 9.59 Å². The van der Waals surface area contributed by atoms with E-state index in [2.05, 4.69) is 10.6 Å². The van der Waals surface area contributed by atoms with Crippen LogP contribution in [0, 0.1) is 6.92 Å². The first kappa shape index (κ1) is 22.4. The maximum absolute atomic E-state index is 12.4. The highest BCUT2D eigenvalue weighted by atomic mass is 16.2. The van der Waals surface area contributed by atoms with Crippen LogP contribution in [-0.4, -0.2) is 50.4 Å². The van der Waals surface area contributed by atoms with E-state index in [1.54, 1.807) is 0 Å². The van der Waals surface area contributed by atoms with Gasteiger partial charge in [0.1, 0.15) is 0 Å². The summed E-state index contributed by atoms with van der Waals surface area (Å²) in [5.74, 6) is -0.196. The predicted molar refractivity (Wildman–Crippen MR) is 119 cm³/mol. The third-order valence-corrected chi connectivity index (χ3v) is 4.64. The number of nitrogens with zero attached hydrogens (tertiary/aromatic N) is 2. The number of aryl methyl sites for hydroxylation is 1. The molecule has 2 N–H and O–H groups in total. The van der Waals surface area contributed by atoms with Crippen LogP contribution >= 0.6 is 0 Å². The molecular weight excluding hydrogens is 364 g/mol. The molecule has 0 unspecified atom stereocenters. The maximum atomic E-state index is 12.4. The first-order valence-electron chi connectivity index (χ1n) is 10.00. The summed E-state index contributed by atoms with van der Waals surface area (Å²) in [6, 6.07) is 15.7. The highest BCUT2D eigenvalue weighted by molar-refractivity contribution is 5.93. The van der Waals surface area contributed by atoms with Crippen molar-refractivity contribution in [2.75, 3.05) is 43.9 Å². The number of nitrogens with one attached hydrogen (secondary N) is 2. The Hall–Kier alpha value is -2.86. The van der Waals surface area contributed by atoms with E-state index < -0.39 is 0 Å². The van der Waals surface area contributed by atoms with Gasteiger partial charge in [-0.15, -0.1) is 0 Å². The van der Waals surface area contributed by atoms with Crippen molar-refractivity contribution in [2.45, 2.75) is 26.8 Å². The average molecular weight is 397 g/mol. The van der Waals surface area contributed by atoms with Gasteiger partial charge in [-0.3, -0.25) is 14.5 Å². The van der Waals surface area contributed by atoms with E-state index in [1.165, 1.54) is 0 Å². The van der Waals surface area contributed by atoms with Crippen molar-refractivity contribution in [3.05, 3.63) is 59.7 Å². The van der Waals surface area contributed by atoms with Crippen LogP contribution in [0.2, 0.25) is 0 Å².